The van der Waals surface area contributed by atoms with Gasteiger partial charge in [0.1, 0.15) is 0 Å². The van der Waals surface area contributed by atoms with Gasteiger partial charge in [-0.1, -0.05) is 51.1 Å². The standard InChI is InChI=1S/C25H35NO2Si/c1-25(2,3)29(6,7)28-21-16-20(27-5)17-23(24-14-11-15-26(24)4)22(18-21)19-12-9-8-10-13-19/h8-15,17-18,22-23H,16H2,1-7H3/t22-,23-/m0/s1. The normalized spacial score (nSPS) is 20.5. The molecular weight excluding hydrogens is 374 g/mol. The first-order valence-electron chi connectivity index (χ1n) is 10.4. The minimum Gasteiger partial charge on any atom is -0.546 e. The van der Waals surface area contributed by atoms with Crippen molar-refractivity contribution >= 4 is 8.32 Å². The van der Waals surface area contributed by atoms with Crippen molar-refractivity contribution in [1.82, 2.24) is 4.57 Å². The lowest BCUT2D eigenvalue weighted by Crippen LogP contribution is -2.40. The molecule has 4 heteroatoms. The highest BCUT2D eigenvalue weighted by atomic mass is 28.4. The predicted octanol–water partition coefficient (Wildman–Crippen LogP) is 6.73. The Morgan fingerprint density at radius 3 is 2.14 bits per heavy atom. The van der Waals surface area contributed by atoms with Crippen LogP contribution in [0.25, 0.3) is 0 Å². The van der Waals surface area contributed by atoms with E-state index in [1.54, 1.807) is 7.11 Å². The van der Waals surface area contributed by atoms with Crippen LogP contribution >= 0.6 is 0 Å². The van der Waals surface area contributed by atoms with E-state index in [0.717, 1.165) is 11.5 Å². The summed E-state index contributed by atoms with van der Waals surface area (Å²) in [5.74, 6) is 2.39. The summed E-state index contributed by atoms with van der Waals surface area (Å²) in [5, 5.41) is 0.150. The molecule has 1 aliphatic rings. The molecule has 0 aliphatic heterocycles. The van der Waals surface area contributed by atoms with Crippen LogP contribution in [0.3, 0.4) is 0 Å². The number of benzene rings is 1. The molecule has 0 bridgehead atoms. The van der Waals surface area contributed by atoms with Gasteiger partial charge in [0.25, 0.3) is 0 Å². The van der Waals surface area contributed by atoms with Crippen LogP contribution in [0.2, 0.25) is 18.1 Å². The Kier molecular flexibility index (Phi) is 6.13. The van der Waals surface area contributed by atoms with E-state index < -0.39 is 8.32 Å². The van der Waals surface area contributed by atoms with E-state index >= 15 is 0 Å². The van der Waals surface area contributed by atoms with E-state index in [4.69, 9.17) is 9.16 Å². The maximum atomic E-state index is 6.78. The molecule has 0 radical (unpaired) electrons. The van der Waals surface area contributed by atoms with Gasteiger partial charge in [-0.05, 0) is 48.0 Å². The Morgan fingerprint density at radius 2 is 1.59 bits per heavy atom. The van der Waals surface area contributed by atoms with E-state index in [1.807, 2.05) is 0 Å². The molecule has 1 aromatic carbocycles. The monoisotopic (exact) mass is 409 g/mol. The molecule has 0 unspecified atom stereocenters. The molecule has 0 N–H and O–H groups in total. The van der Waals surface area contributed by atoms with Crippen molar-refractivity contribution < 1.29 is 9.16 Å². The highest BCUT2D eigenvalue weighted by molar-refractivity contribution is 6.74. The van der Waals surface area contributed by atoms with Gasteiger partial charge >= 0.3 is 0 Å². The van der Waals surface area contributed by atoms with E-state index in [9.17, 15) is 0 Å². The highest BCUT2D eigenvalue weighted by Gasteiger charge is 2.40. The largest absolute Gasteiger partial charge is 0.546 e. The number of methoxy groups -OCH3 is 1. The Bertz CT molecular complexity index is 887. The number of hydrogen-bond acceptors (Lipinski definition) is 2. The minimum absolute atomic E-state index is 0.150. The molecule has 156 valence electrons. The molecule has 3 rings (SSSR count). The summed E-state index contributed by atoms with van der Waals surface area (Å²) in [6.07, 6.45) is 7.44. The topological polar surface area (TPSA) is 23.4 Å². The van der Waals surface area contributed by atoms with Crippen molar-refractivity contribution in [2.45, 2.75) is 57.2 Å². The fourth-order valence-corrected chi connectivity index (χ4v) is 4.76. The molecule has 0 saturated carbocycles. The van der Waals surface area contributed by atoms with Gasteiger partial charge in [0.2, 0.25) is 8.32 Å². The van der Waals surface area contributed by atoms with Gasteiger partial charge in [-0.2, -0.15) is 0 Å². The predicted molar refractivity (Wildman–Crippen MR) is 123 cm³/mol. The van der Waals surface area contributed by atoms with Crippen molar-refractivity contribution in [3.63, 3.8) is 0 Å². The van der Waals surface area contributed by atoms with Crippen molar-refractivity contribution in [2.24, 2.45) is 7.05 Å². The van der Waals surface area contributed by atoms with Crippen LogP contribution in [0.5, 0.6) is 0 Å². The van der Waals surface area contributed by atoms with Gasteiger partial charge in [0, 0.05) is 30.8 Å². The van der Waals surface area contributed by atoms with Gasteiger partial charge < -0.3 is 13.7 Å². The summed E-state index contributed by atoms with van der Waals surface area (Å²) in [5.41, 5.74) is 2.57. The number of aromatic nitrogens is 1. The van der Waals surface area contributed by atoms with Crippen LogP contribution in [-0.2, 0) is 16.2 Å². The Morgan fingerprint density at radius 1 is 0.931 bits per heavy atom. The first-order valence-corrected chi connectivity index (χ1v) is 13.3. The summed E-state index contributed by atoms with van der Waals surface area (Å²) in [4.78, 5) is 0. The van der Waals surface area contributed by atoms with Gasteiger partial charge in [0.05, 0.1) is 25.0 Å². The summed E-state index contributed by atoms with van der Waals surface area (Å²) >= 11 is 0. The molecule has 0 spiro atoms. The molecule has 29 heavy (non-hydrogen) atoms. The molecule has 1 heterocycles. The average molecular weight is 410 g/mol. The summed E-state index contributed by atoms with van der Waals surface area (Å²) in [6, 6.07) is 15.1. The summed E-state index contributed by atoms with van der Waals surface area (Å²) in [6.45, 7) is 11.5. The fourth-order valence-electron chi connectivity index (χ4n) is 3.66. The van der Waals surface area contributed by atoms with Crippen molar-refractivity contribution in [3.05, 3.63) is 83.6 Å². The number of allylic oxidation sites excluding steroid dienone is 2. The molecule has 0 amide bonds. The second-order valence-electron chi connectivity index (χ2n) is 9.52. The zero-order chi connectivity index (χ0) is 21.2. The number of aryl methyl sites for hydroxylation is 1. The van der Waals surface area contributed by atoms with Gasteiger partial charge in [-0.15, -0.1) is 0 Å². The quantitative estimate of drug-likeness (QED) is 0.511. The van der Waals surface area contributed by atoms with Gasteiger partial charge in [-0.25, -0.2) is 0 Å². The molecule has 3 nitrogen and oxygen atoms in total. The van der Waals surface area contributed by atoms with E-state index in [2.05, 4.69) is 106 Å². The Hall–Kier alpha value is -2.20. The smallest absolute Gasteiger partial charge is 0.250 e. The second kappa shape index (κ2) is 8.27. The van der Waals surface area contributed by atoms with Crippen molar-refractivity contribution in [3.8, 4) is 0 Å². The van der Waals surface area contributed by atoms with Crippen LogP contribution in [0.15, 0.2) is 72.3 Å². The number of hydrogen-bond donors (Lipinski definition) is 0. The highest BCUT2D eigenvalue weighted by Crippen LogP contribution is 2.43. The lowest BCUT2D eigenvalue weighted by Gasteiger charge is -2.37. The number of nitrogens with zero attached hydrogens (tertiary/aromatic N) is 1. The first-order chi connectivity index (χ1) is 13.6. The second-order valence-corrected chi connectivity index (χ2v) is 14.2. The van der Waals surface area contributed by atoms with Gasteiger partial charge in [-0.3, -0.25) is 0 Å². The number of rotatable bonds is 5. The lowest BCUT2D eigenvalue weighted by atomic mass is 9.83. The first kappa shape index (κ1) is 21.5. The Labute approximate surface area is 177 Å². The fraction of sp³-hybridized carbons (Fsp3) is 0.440. The van der Waals surface area contributed by atoms with E-state index in [0.29, 0.717) is 6.42 Å². The summed E-state index contributed by atoms with van der Waals surface area (Å²) in [7, 11) is 1.93. The van der Waals surface area contributed by atoms with E-state index in [-0.39, 0.29) is 16.9 Å². The van der Waals surface area contributed by atoms with E-state index in [1.165, 1.54) is 11.3 Å². The third-order valence-electron chi connectivity index (χ3n) is 6.43. The van der Waals surface area contributed by atoms with Crippen LogP contribution in [0, 0.1) is 0 Å². The third kappa shape index (κ3) is 4.69. The average Bonchev–Trinajstić information content (AvgIpc) is 2.99. The molecule has 1 aliphatic carbocycles. The molecule has 2 aromatic rings. The molecular formula is C25H35NO2Si. The number of ether oxygens (including phenoxy) is 1. The zero-order valence-electron chi connectivity index (χ0n) is 18.9. The molecule has 1 aromatic heterocycles. The SMILES string of the molecule is COC1=C[C@H](c2cccn2C)[C@H](c2ccccc2)C=C(O[Si](C)(C)C(C)(C)C)C1. The Balaban J connectivity index is 2.11. The maximum Gasteiger partial charge on any atom is 0.250 e. The maximum absolute atomic E-state index is 6.78. The molecule has 2 atom stereocenters. The van der Waals surface area contributed by atoms with Crippen LogP contribution < -0.4 is 0 Å². The van der Waals surface area contributed by atoms with Crippen LogP contribution in [0.4, 0.5) is 0 Å². The van der Waals surface area contributed by atoms with Gasteiger partial charge in [0.15, 0.2) is 0 Å². The lowest BCUT2D eigenvalue weighted by molar-refractivity contribution is 0.264. The third-order valence-corrected chi connectivity index (χ3v) is 10.8. The summed E-state index contributed by atoms with van der Waals surface area (Å²) < 4.78 is 14.8. The zero-order valence-corrected chi connectivity index (χ0v) is 19.9. The minimum atomic E-state index is -1.94. The molecule has 0 fully saturated rings. The van der Waals surface area contributed by atoms with Crippen molar-refractivity contribution in [1.29, 1.82) is 0 Å². The molecule has 0 saturated heterocycles. The van der Waals surface area contributed by atoms with Crippen molar-refractivity contribution in [2.75, 3.05) is 7.11 Å². The van der Waals surface area contributed by atoms with Crippen LogP contribution in [0.1, 0.15) is 50.3 Å². The van der Waals surface area contributed by atoms with Crippen LogP contribution in [-0.4, -0.2) is 20.0 Å².